The second-order valence-electron chi connectivity index (χ2n) is 4.97. The number of alkyl halides is 1. The van der Waals surface area contributed by atoms with Crippen molar-refractivity contribution < 1.29 is 0 Å². The number of aryl methyl sites for hydroxylation is 1. The van der Waals surface area contributed by atoms with Gasteiger partial charge >= 0.3 is 0 Å². The monoisotopic (exact) mass is 374 g/mol. The summed E-state index contributed by atoms with van der Waals surface area (Å²) in [6.45, 7) is 3.17. The number of hydrogen-bond donors (Lipinski definition) is 0. The molecule has 0 aliphatic heterocycles. The number of rotatable bonds is 4. The molecular weight excluding hydrogens is 356 g/mol. The van der Waals surface area contributed by atoms with Gasteiger partial charge in [0.25, 0.3) is 0 Å². The van der Waals surface area contributed by atoms with Crippen LogP contribution in [0, 0.1) is 6.92 Å². The van der Waals surface area contributed by atoms with Crippen molar-refractivity contribution in [2.45, 2.75) is 45.1 Å². The molecule has 0 N–H and O–H groups in total. The Labute approximate surface area is 126 Å². The quantitative estimate of drug-likeness (QED) is 0.710. The first-order chi connectivity index (χ1) is 8.72. The average molecular weight is 376 g/mol. The van der Waals surface area contributed by atoms with Crippen LogP contribution in [0.3, 0.4) is 0 Å². The molecule has 1 saturated carbocycles. The van der Waals surface area contributed by atoms with Crippen molar-refractivity contribution in [3.63, 3.8) is 0 Å². The first-order valence-corrected chi connectivity index (χ1v) is 8.58. The van der Waals surface area contributed by atoms with Crippen LogP contribution in [-0.4, -0.2) is 22.9 Å². The van der Waals surface area contributed by atoms with E-state index in [1.165, 1.54) is 37.7 Å². The van der Waals surface area contributed by atoms with Gasteiger partial charge in [-0.05, 0) is 47.3 Å². The lowest BCUT2D eigenvalue weighted by molar-refractivity contribution is 0.417. The third kappa shape index (κ3) is 3.47. The Hall–Kier alpha value is -0.0900. The molecule has 4 heteroatoms. The molecule has 0 bridgehead atoms. The minimum absolute atomic E-state index is 0.671. The standard InChI is InChI=1S/C14H20Br2N2/c1-11-9-14(17-10-13(11)16)18(8-7-15)12-5-3-2-4-6-12/h9-10,12H,2-8H2,1H3. The summed E-state index contributed by atoms with van der Waals surface area (Å²) < 4.78 is 1.09. The molecule has 18 heavy (non-hydrogen) atoms. The summed E-state index contributed by atoms with van der Waals surface area (Å²) in [5.74, 6) is 1.13. The molecule has 0 unspecified atom stereocenters. The highest BCUT2D eigenvalue weighted by Crippen LogP contribution is 2.28. The molecule has 100 valence electrons. The van der Waals surface area contributed by atoms with Crippen LogP contribution in [0.4, 0.5) is 5.82 Å². The minimum Gasteiger partial charge on any atom is -0.353 e. The highest BCUT2D eigenvalue weighted by Gasteiger charge is 2.22. The van der Waals surface area contributed by atoms with Crippen LogP contribution in [0.15, 0.2) is 16.7 Å². The van der Waals surface area contributed by atoms with E-state index in [0.29, 0.717) is 6.04 Å². The fourth-order valence-electron chi connectivity index (χ4n) is 2.65. The van der Waals surface area contributed by atoms with Gasteiger partial charge in [0.1, 0.15) is 5.82 Å². The Morgan fingerprint density at radius 1 is 1.33 bits per heavy atom. The zero-order valence-electron chi connectivity index (χ0n) is 10.8. The Balaban J connectivity index is 2.19. The Morgan fingerprint density at radius 3 is 2.67 bits per heavy atom. The van der Waals surface area contributed by atoms with E-state index in [2.05, 4.69) is 54.7 Å². The van der Waals surface area contributed by atoms with Crippen molar-refractivity contribution in [1.29, 1.82) is 0 Å². The molecule has 0 atom stereocenters. The summed E-state index contributed by atoms with van der Waals surface area (Å²) in [6.07, 6.45) is 8.66. The molecule has 2 nitrogen and oxygen atoms in total. The topological polar surface area (TPSA) is 16.1 Å². The molecule has 1 aliphatic carbocycles. The van der Waals surface area contributed by atoms with E-state index in [-0.39, 0.29) is 0 Å². The van der Waals surface area contributed by atoms with Crippen molar-refractivity contribution in [2.24, 2.45) is 0 Å². The van der Waals surface area contributed by atoms with E-state index in [0.717, 1.165) is 22.2 Å². The van der Waals surface area contributed by atoms with E-state index in [9.17, 15) is 0 Å². The first-order valence-electron chi connectivity index (χ1n) is 6.67. The molecule has 0 amide bonds. The maximum absolute atomic E-state index is 4.59. The number of pyridine rings is 1. The summed E-state index contributed by atoms with van der Waals surface area (Å²) in [5, 5.41) is 1.00. The normalized spacial score (nSPS) is 16.8. The second kappa shape index (κ2) is 6.90. The fourth-order valence-corrected chi connectivity index (χ4v) is 3.25. The predicted molar refractivity (Wildman–Crippen MR) is 84.7 cm³/mol. The van der Waals surface area contributed by atoms with Crippen LogP contribution >= 0.6 is 31.9 Å². The molecule has 0 saturated heterocycles. The van der Waals surface area contributed by atoms with Gasteiger partial charge in [0.2, 0.25) is 0 Å². The zero-order chi connectivity index (χ0) is 13.0. The van der Waals surface area contributed by atoms with Gasteiger partial charge in [0.15, 0.2) is 0 Å². The average Bonchev–Trinajstić information content (AvgIpc) is 2.40. The van der Waals surface area contributed by atoms with Gasteiger partial charge in [-0.2, -0.15) is 0 Å². The third-order valence-electron chi connectivity index (χ3n) is 3.67. The largest absolute Gasteiger partial charge is 0.353 e. The summed E-state index contributed by atoms with van der Waals surface area (Å²) in [6, 6.07) is 2.87. The zero-order valence-corrected chi connectivity index (χ0v) is 14.0. The summed E-state index contributed by atoms with van der Waals surface area (Å²) in [5.41, 5.74) is 1.26. The highest BCUT2D eigenvalue weighted by molar-refractivity contribution is 9.10. The number of anilines is 1. The van der Waals surface area contributed by atoms with Crippen LogP contribution in [0.25, 0.3) is 0 Å². The van der Waals surface area contributed by atoms with E-state index in [4.69, 9.17) is 0 Å². The van der Waals surface area contributed by atoms with Crippen LogP contribution in [0.5, 0.6) is 0 Å². The first kappa shape index (κ1) is 14.3. The predicted octanol–water partition coefficient (Wildman–Crippen LogP) is 4.69. The van der Waals surface area contributed by atoms with Gasteiger partial charge in [-0.3, -0.25) is 0 Å². The molecule has 1 aromatic heterocycles. The molecule has 1 aliphatic rings. The van der Waals surface area contributed by atoms with Crippen molar-refractivity contribution in [1.82, 2.24) is 4.98 Å². The minimum atomic E-state index is 0.671. The van der Waals surface area contributed by atoms with E-state index in [1.54, 1.807) is 0 Å². The van der Waals surface area contributed by atoms with Crippen molar-refractivity contribution in [3.8, 4) is 0 Å². The van der Waals surface area contributed by atoms with E-state index in [1.807, 2.05) is 6.20 Å². The molecule has 0 radical (unpaired) electrons. The Bertz CT molecular complexity index is 389. The highest BCUT2D eigenvalue weighted by atomic mass is 79.9. The number of nitrogens with zero attached hydrogens (tertiary/aromatic N) is 2. The SMILES string of the molecule is Cc1cc(N(CCBr)C2CCCCC2)ncc1Br. The van der Waals surface area contributed by atoms with Crippen molar-refractivity contribution >= 4 is 37.7 Å². The van der Waals surface area contributed by atoms with Gasteiger partial charge in [0.05, 0.1) is 0 Å². The maximum Gasteiger partial charge on any atom is 0.129 e. The second-order valence-corrected chi connectivity index (χ2v) is 6.61. The van der Waals surface area contributed by atoms with Crippen LogP contribution < -0.4 is 4.90 Å². The molecular formula is C14H20Br2N2. The lowest BCUT2D eigenvalue weighted by Gasteiger charge is -2.35. The van der Waals surface area contributed by atoms with Crippen LogP contribution in [0.2, 0.25) is 0 Å². The maximum atomic E-state index is 4.59. The van der Waals surface area contributed by atoms with Crippen molar-refractivity contribution in [3.05, 3.63) is 22.3 Å². The van der Waals surface area contributed by atoms with E-state index < -0.39 is 0 Å². The van der Waals surface area contributed by atoms with Gasteiger partial charge in [-0.1, -0.05) is 35.2 Å². The molecule has 1 aromatic rings. The van der Waals surface area contributed by atoms with Crippen LogP contribution in [-0.2, 0) is 0 Å². The van der Waals surface area contributed by atoms with Crippen LogP contribution in [0.1, 0.15) is 37.7 Å². The van der Waals surface area contributed by atoms with E-state index >= 15 is 0 Å². The van der Waals surface area contributed by atoms with Crippen molar-refractivity contribution in [2.75, 3.05) is 16.8 Å². The number of aromatic nitrogens is 1. The summed E-state index contributed by atoms with van der Waals surface area (Å²) in [4.78, 5) is 7.07. The lowest BCUT2D eigenvalue weighted by atomic mass is 9.94. The summed E-state index contributed by atoms with van der Waals surface area (Å²) in [7, 11) is 0. The molecule has 2 rings (SSSR count). The van der Waals surface area contributed by atoms with Gasteiger partial charge in [-0.15, -0.1) is 0 Å². The molecule has 0 spiro atoms. The molecule has 1 fully saturated rings. The Morgan fingerprint density at radius 2 is 2.06 bits per heavy atom. The number of halogens is 2. The van der Waals surface area contributed by atoms with Gasteiger partial charge in [-0.25, -0.2) is 4.98 Å². The molecule has 0 aromatic carbocycles. The van der Waals surface area contributed by atoms with Gasteiger partial charge < -0.3 is 4.90 Å². The number of hydrogen-bond acceptors (Lipinski definition) is 2. The fraction of sp³-hybridized carbons (Fsp3) is 0.643. The lowest BCUT2D eigenvalue weighted by Crippen LogP contribution is -2.38. The molecule has 1 heterocycles. The Kier molecular flexibility index (Phi) is 5.49. The smallest absolute Gasteiger partial charge is 0.129 e. The third-order valence-corrected chi connectivity index (χ3v) is 4.85. The summed E-state index contributed by atoms with van der Waals surface area (Å²) >= 11 is 7.09. The van der Waals surface area contributed by atoms with Gasteiger partial charge in [0, 0.05) is 28.6 Å².